The summed E-state index contributed by atoms with van der Waals surface area (Å²) in [5, 5.41) is 8.60. The van der Waals surface area contributed by atoms with E-state index in [0.717, 1.165) is 31.7 Å². The van der Waals surface area contributed by atoms with E-state index in [1.54, 1.807) is 0 Å². The molecule has 0 aliphatic carbocycles. The molecular formula is C21H32N4. The van der Waals surface area contributed by atoms with Crippen LogP contribution in [0.1, 0.15) is 60.7 Å². The van der Waals surface area contributed by atoms with Gasteiger partial charge < -0.3 is 10.2 Å². The third kappa shape index (κ3) is 3.20. The lowest BCUT2D eigenvalue weighted by atomic mass is 9.97. The van der Waals surface area contributed by atoms with Crippen molar-refractivity contribution < 1.29 is 0 Å². The topological polar surface area (TPSA) is 33.1 Å². The SMILES string of the molecule is CCNC(CC)c1c2c(nn1C)N(c1c(C)cc(C)cc1C)CCC2. The van der Waals surface area contributed by atoms with Crippen LogP contribution in [0.15, 0.2) is 12.1 Å². The molecule has 136 valence electrons. The molecule has 1 aliphatic rings. The minimum atomic E-state index is 0.381. The molecule has 3 rings (SSSR count). The predicted octanol–water partition coefficient (Wildman–Crippen LogP) is 4.49. The van der Waals surface area contributed by atoms with Gasteiger partial charge in [-0.3, -0.25) is 4.68 Å². The number of hydrogen-bond donors (Lipinski definition) is 1. The fraction of sp³-hybridized carbons (Fsp3) is 0.571. The molecule has 1 aromatic carbocycles. The lowest BCUT2D eigenvalue weighted by molar-refractivity contribution is 0.494. The lowest BCUT2D eigenvalue weighted by Crippen LogP contribution is -2.27. The molecule has 0 spiro atoms. The van der Waals surface area contributed by atoms with Crippen LogP contribution in [-0.2, 0) is 13.5 Å². The molecule has 1 N–H and O–H groups in total. The minimum absolute atomic E-state index is 0.381. The molecule has 4 heteroatoms. The van der Waals surface area contributed by atoms with E-state index in [1.807, 2.05) is 0 Å². The molecule has 0 amide bonds. The molecule has 0 saturated carbocycles. The van der Waals surface area contributed by atoms with Gasteiger partial charge in [0.2, 0.25) is 0 Å². The van der Waals surface area contributed by atoms with Crippen LogP contribution in [-0.4, -0.2) is 22.9 Å². The molecular weight excluding hydrogens is 308 g/mol. The summed E-state index contributed by atoms with van der Waals surface area (Å²) in [6.45, 7) is 13.1. The van der Waals surface area contributed by atoms with Gasteiger partial charge in [0.1, 0.15) is 0 Å². The van der Waals surface area contributed by atoms with Crippen molar-refractivity contribution in [3.05, 3.63) is 40.1 Å². The largest absolute Gasteiger partial charge is 0.324 e. The van der Waals surface area contributed by atoms with Crippen LogP contribution in [0.5, 0.6) is 0 Å². The Balaban J connectivity index is 2.10. The summed E-state index contributed by atoms with van der Waals surface area (Å²) in [6, 6.07) is 4.95. The van der Waals surface area contributed by atoms with Crippen LogP contribution in [0.3, 0.4) is 0 Å². The highest BCUT2D eigenvalue weighted by molar-refractivity contribution is 5.71. The molecule has 1 atom stereocenters. The Bertz CT molecular complexity index is 736. The van der Waals surface area contributed by atoms with Crippen molar-refractivity contribution >= 4 is 11.5 Å². The third-order valence-corrected chi connectivity index (χ3v) is 5.33. The summed E-state index contributed by atoms with van der Waals surface area (Å²) in [6.07, 6.45) is 3.39. The first-order chi connectivity index (χ1) is 12.0. The van der Waals surface area contributed by atoms with Crippen molar-refractivity contribution in [3.63, 3.8) is 0 Å². The lowest BCUT2D eigenvalue weighted by Gasteiger charge is -2.31. The van der Waals surface area contributed by atoms with Crippen LogP contribution in [0.25, 0.3) is 0 Å². The van der Waals surface area contributed by atoms with Gasteiger partial charge in [-0.25, -0.2) is 0 Å². The number of nitrogens with zero attached hydrogens (tertiary/aromatic N) is 3. The Hall–Kier alpha value is -1.81. The Morgan fingerprint density at radius 2 is 1.84 bits per heavy atom. The quantitative estimate of drug-likeness (QED) is 0.870. The molecule has 1 aromatic heterocycles. The summed E-state index contributed by atoms with van der Waals surface area (Å²) in [7, 11) is 2.10. The molecule has 0 bridgehead atoms. The van der Waals surface area contributed by atoms with Crippen molar-refractivity contribution in [2.45, 2.75) is 59.9 Å². The number of aryl methyl sites for hydroxylation is 4. The number of aromatic nitrogens is 2. The fourth-order valence-electron chi connectivity index (χ4n) is 4.48. The fourth-order valence-corrected chi connectivity index (χ4v) is 4.48. The van der Waals surface area contributed by atoms with Gasteiger partial charge in [0.25, 0.3) is 0 Å². The summed E-state index contributed by atoms with van der Waals surface area (Å²) in [5.74, 6) is 1.16. The standard InChI is InChI=1S/C21H32N4/c1-7-18(22-8-2)20-17-10-9-11-25(21(17)23-24(20)6)19-15(4)12-14(3)13-16(19)5/h12-13,18,22H,7-11H2,1-6H3. The third-order valence-electron chi connectivity index (χ3n) is 5.33. The van der Waals surface area contributed by atoms with Gasteiger partial charge in [0.05, 0.1) is 5.69 Å². The predicted molar refractivity (Wildman–Crippen MR) is 106 cm³/mol. The monoisotopic (exact) mass is 340 g/mol. The normalized spacial score (nSPS) is 15.4. The highest BCUT2D eigenvalue weighted by Gasteiger charge is 2.29. The average molecular weight is 341 g/mol. The second-order valence-corrected chi connectivity index (χ2v) is 7.33. The molecule has 2 aromatic rings. The maximum atomic E-state index is 4.97. The molecule has 0 radical (unpaired) electrons. The Kier molecular flexibility index (Phi) is 5.19. The first kappa shape index (κ1) is 18.0. The van der Waals surface area contributed by atoms with Crippen LogP contribution in [0.4, 0.5) is 11.5 Å². The van der Waals surface area contributed by atoms with Crippen LogP contribution in [0, 0.1) is 20.8 Å². The van der Waals surface area contributed by atoms with E-state index in [-0.39, 0.29) is 0 Å². The van der Waals surface area contributed by atoms with Crippen molar-refractivity contribution in [1.82, 2.24) is 15.1 Å². The van der Waals surface area contributed by atoms with Gasteiger partial charge in [0, 0.05) is 30.9 Å². The second kappa shape index (κ2) is 7.20. The first-order valence-electron chi connectivity index (χ1n) is 9.62. The Morgan fingerprint density at radius 3 is 2.44 bits per heavy atom. The van der Waals surface area contributed by atoms with Crippen molar-refractivity contribution in [2.24, 2.45) is 7.05 Å². The van der Waals surface area contributed by atoms with E-state index >= 15 is 0 Å². The zero-order valence-electron chi connectivity index (χ0n) is 16.6. The van der Waals surface area contributed by atoms with E-state index in [1.165, 1.54) is 40.1 Å². The molecule has 0 fully saturated rings. The van der Waals surface area contributed by atoms with Gasteiger partial charge in [-0.15, -0.1) is 0 Å². The number of hydrogen-bond acceptors (Lipinski definition) is 3. The number of rotatable bonds is 5. The molecule has 2 heterocycles. The van der Waals surface area contributed by atoms with E-state index < -0.39 is 0 Å². The maximum Gasteiger partial charge on any atom is 0.158 e. The average Bonchev–Trinajstić information content (AvgIpc) is 2.88. The summed E-state index contributed by atoms with van der Waals surface area (Å²) in [5.41, 5.74) is 8.16. The van der Waals surface area contributed by atoms with Crippen LogP contribution in [0.2, 0.25) is 0 Å². The van der Waals surface area contributed by atoms with Gasteiger partial charge in [0.15, 0.2) is 5.82 Å². The van der Waals surface area contributed by atoms with Gasteiger partial charge in [-0.2, -0.15) is 5.10 Å². The van der Waals surface area contributed by atoms with Crippen molar-refractivity contribution in [2.75, 3.05) is 18.0 Å². The van der Waals surface area contributed by atoms with E-state index in [4.69, 9.17) is 5.10 Å². The number of anilines is 2. The number of fused-ring (bicyclic) bond motifs is 1. The van der Waals surface area contributed by atoms with Crippen LogP contribution >= 0.6 is 0 Å². The highest BCUT2D eigenvalue weighted by Crippen LogP contribution is 2.39. The zero-order chi connectivity index (χ0) is 18.1. The summed E-state index contributed by atoms with van der Waals surface area (Å²) in [4.78, 5) is 2.45. The van der Waals surface area contributed by atoms with Gasteiger partial charge in [-0.05, 0) is 57.7 Å². The maximum absolute atomic E-state index is 4.97. The summed E-state index contributed by atoms with van der Waals surface area (Å²) < 4.78 is 2.11. The smallest absolute Gasteiger partial charge is 0.158 e. The Labute approximate surface area is 152 Å². The highest BCUT2D eigenvalue weighted by atomic mass is 15.4. The van der Waals surface area contributed by atoms with E-state index in [2.05, 4.69) is 68.7 Å². The van der Waals surface area contributed by atoms with E-state index in [9.17, 15) is 0 Å². The van der Waals surface area contributed by atoms with E-state index in [0.29, 0.717) is 6.04 Å². The second-order valence-electron chi connectivity index (χ2n) is 7.33. The first-order valence-corrected chi connectivity index (χ1v) is 9.62. The van der Waals surface area contributed by atoms with Gasteiger partial charge >= 0.3 is 0 Å². The number of benzene rings is 1. The molecule has 25 heavy (non-hydrogen) atoms. The Morgan fingerprint density at radius 1 is 1.16 bits per heavy atom. The van der Waals surface area contributed by atoms with Crippen molar-refractivity contribution in [3.8, 4) is 0 Å². The molecule has 1 unspecified atom stereocenters. The summed E-state index contributed by atoms with van der Waals surface area (Å²) >= 11 is 0. The molecule has 4 nitrogen and oxygen atoms in total. The van der Waals surface area contributed by atoms with Crippen LogP contribution < -0.4 is 10.2 Å². The van der Waals surface area contributed by atoms with Gasteiger partial charge in [-0.1, -0.05) is 31.5 Å². The molecule has 0 saturated heterocycles. The number of nitrogens with one attached hydrogen (secondary N) is 1. The zero-order valence-corrected chi connectivity index (χ0v) is 16.6. The van der Waals surface area contributed by atoms with Crippen molar-refractivity contribution in [1.29, 1.82) is 0 Å². The molecule has 1 aliphatic heterocycles. The minimum Gasteiger partial charge on any atom is -0.324 e.